The molecule has 1 aromatic rings. The van der Waals surface area contributed by atoms with Crippen LogP contribution in [0.1, 0.15) is 4.88 Å². The van der Waals surface area contributed by atoms with Gasteiger partial charge in [-0.25, -0.2) is 8.42 Å². The molecule has 16 heavy (non-hydrogen) atoms. The molecule has 0 aromatic carbocycles. The van der Waals surface area contributed by atoms with Crippen LogP contribution in [0.3, 0.4) is 0 Å². The molecule has 0 radical (unpaired) electrons. The Balaban J connectivity index is 2.52. The van der Waals surface area contributed by atoms with Crippen molar-refractivity contribution in [1.82, 2.24) is 5.32 Å². The summed E-state index contributed by atoms with van der Waals surface area (Å²) >= 11 is 1.37. The van der Waals surface area contributed by atoms with Crippen molar-refractivity contribution in [3.05, 3.63) is 35.0 Å². The van der Waals surface area contributed by atoms with E-state index in [0.29, 0.717) is 0 Å². The average Bonchev–Trinajstić information content (AvgIpc) is 2.65. The number of thiophene rings is 1. The van der Waals surface area contributed by atoms with Crippen LogP contribution in [0.4, 0.5) is 0 Å². The van der Waals surface area contributed by atoms with Crippen molar-refractivity contribution in [2.24, 2.45) is 0 Å². The van der Waals surface area contributed by atoms with Gasteiger partial charge in [0.05, 0.1) is 5.75 Å². The second kappa shape index (κ2) is 5.81. The molecule has 88 valence electrons. The zero-order valence-corrected chi connectivity index (χ0v) is 10.3. The smallest absolute Gasteiger partial charge is 0.235 e. The van der Waals surface area contributed by atoms with Gasteiger partial charge in [0.1, 0.15) is 5.75 Å². The van der Waals surface area contributed by atoms with Gasteiger partial charge in [-0.05, 0) is 11.4 Å². The lowest BCUT2D eigenvalue weighted by Gasteiger charge is -2.03. The van der Waals surface area contributed by atoms with E-state index in [4.69, 9.17) is 0 Å². The summed E-state index contributed by atoms with van der Waals surface area (Å²) in [7, 11) is -3.37. The van der Waals surface area contributed by atoms with E-state index in [9.17, 15) is 13.2 Å². The van der Waals surface area contributed by atoms with Crippen LogP contribution in [0, 0.1) is 0 Å². The molecule has 4 nitrogen and oxygen atoms in total. The van der Waals surface area contributed by atoms with Crippen molar-refractivity contribution in [2.45, 2.75) is 5.75 Å². The van der Waals surface area contributed by atoms with Crippen LogP contribution < -0.4 is 5.32 Å². The van der Waals surface area contributed by atoms with Gasteiger partial charge in [-0.1, -0.05) is 12.1 Å². The molecule has 6 heteroatoms. The summed E-state index contributed by atoms with van der Waals surface area (Å²) in [5.74, 6) is -1.04. The van der Waals surface area contributed by atoms with Crippen LogP contribution in [0.5, 0.6) is 0 Å². The van der Waals surface area contributed by atoms with E-state index in [1.807, 2.05) is 5.38 Å². The number of rotatable bonds is 6. The highest BCUT2D eigenvalue weighted by molar-refractivity contribution is 7.91. The predicted molar refractivity (Wildman–Crippen MR) is 65.0 cm³/mol. The molecule has 1 N–H and O–H groups in total. The highest BCUT2D eigenvalue weighted by Crippen LogP contribution is 2.12. The van der Waals surface area contributed by atoms with Gasteiger partial charge in [-0.3, -0.25) is 4.79 Å². The van der Waals surface area contributed by atoms with Crippen molar-refractivity contribution < 1.29 is 13.2 Å². The number of carbonyl (C=O) groups is 1. The van der Waals surface area contributed by atoms with Gasteiger partial charge >= 0.3 is 0 Å². The maximum atomic E-state index is 11.6. The van der Waals surface area contributed by atoms with Crippen molar-refractivity contribution in [3.63, 3.8) is 0 Å². The van der Waals surface area contributed by atoms with Crippen LogP contribution in [0.15, 0.2) is 30.2 Å². The molecule has 1 heterocycles. The third-order valence-corrected chi connectivity index (χ3v) is 4.25. The number of nitrogens with one attached hydrogen (secondary N) is 1. The number of amides is 1. The summed E-state index contributed by atoms with van der Waals surface area (Å²) < 4.78 is 23.2. The van der Waals surface area contributed by atoms with Gasteiger partial charge in [0.2, 0.25) is 5.91 Å². The summed E-state index contributed by atoms with van der Waals surface area (Å²) in [5.41, 5.74) is 0. The Morgan fingerprint density at radius 1 is 1.56 bits per heavy atom. The van der Waals surface area contributed by atoms with E-state index >= 15 is 0 Å². The third kappa shape index (κ3) is 4.59. The van der Waals surface area contributed by atoms with Crippen LogP contribution >= 0.6 is 11.3 Å². The highest BCUT2D eigenvalue weighted by Gasteiger charge is 2.17. The second-order valence-corrected chi connectivity index (χ2v) is 6.30. The Labute approximate surface area is 98.9 Å². The topological polar surface area (TPSA) is 63.2 Å². The molecule has 1 amide bonds. The predicted octanol–water partition coefficient (Wildman–Crippen LogP) is 0.965. The minimum Gasteiger partial charge on any atom is -0.352 e. The lowest BCUT2D eigenvalue weighted by Crippen LogP contribution is -2.30. The summed E-state index contributed by atoms with van der Waals surface area (Å²) in [6, 6.07) is 3.52. The maximum absolute atomic E-state index is 11.6. The van der Waals surface area contributed by atoms with E-state index in [1.165, 1.54) is 17.4 Å². The fourth-order valence-electron chi connectivity index (χ4n) is 1.10. The Morgan fingerprint density at radius 2 is 2.31 bits per heavy atom. The summed E-state index contributed by atoms with van der Waals surface area (Å²) in [4.78, 5) is 12.0. The van der Waals surface area contributed by atoms with E-state index in [-0.39, 0.29) is 12.3 Å². The number of sulfone groups is 1. The lowest BCUT2D eigenvalue weighted by molar-refractivity contribution is -0.118. The van der Waals surface area contributed by atoms with Crippen LogP contribution in [-0.4, -0.2) is 26.6 Å². The monoisotopic (exact) mass is 259 g/mol. The SMILES string of the molecule is C=CCNC(=O)CS(=O)(=O)Cc1cccs1. The van der Waals surface area contributed by atoms with Gasteiger partial charge in [0.15, 0.2) is 9.84 Å². The molecule has 0 saturated heterocycles. The van der Waals surface area contributed by atoms with Crippen molar-refractivity contribution >= 4 is 27.1 Å². The molecule has 0 spiro atoms. The Hall–Kier alpha value is -1.14. The molecule has 0 unspecified atom stereocenters. The van der Waals surface area contributed by atoms with E-state index in [0.717, 1.165) is 4.88 Å². The Morgan fingerprint density at radius 3 is 2.88 bits per heavy atom. The first-order chi connectivity index (χ1) is 7.53. The number of carbonyl (C=O) groups excluding carboxylic acids is 1. The van der Waals surface area contributed by atoms with Gasteiger partial charge in [0.25, 0.3) is 0 Å². The van der Waals surface area contributed by atoms with Gasteiger partial charge < -0.3 is 5.32 Å². The van der Waals surface area contributed by atoms with Crippen LogP contribution in [0.2, 0.25) is 0 Å². The highest BCUT2D eigenvalue weighted by atomic mass is 32.2. The van der Waals surface area contributed by atoms with Crippen LogP contribution in [0.25, 0.3) is 0 Å². The Bertz CT molecular complexity index is 448. The molecule has 0 aliphatic carbocycles. The molecule has 1 aromatic heterocycles. The minimum absolute atomic E-state index is 0.0772. The van der Waals surface area contributed by atoms with E-state index in [1.54, 1.807) is 12.1 Å². The molecule has 0 bridgehead atoms. The molecule has 0 saturated carbocycles. The first kappa shape index (κ1) is 12.9. The molecular weight excluding hydrogens is 246 g/mol. The van der Waals surface area contributed by atoms with Crippen molar-refractivity contribution in [2.75, 3.05) is 12.3 Å². The largest absolute Gasteiger partial charge is 0.352 e. The lowest BCUT2D eigenvalue weighted by atomic mass is 10.5. The summed E-state index contributed by atoms with van der Waals surface area (Å²) in [6.07, 6.45) is 1.50. The van der Waals surface area contributed by atoms with Crippen LogP contribution in [-0.2, 0) is 20.4 Å². The zero-order valence-electron chi connectivity index (χ0n) is 8.68. The maximum Gasteiger partial charge on any atom is 0.235 e. The normalized spacial score (nSPS) is 11.0. The van der Waals surface area contributed by atoms with E-state index < -0.39 is 21.5 Å². The summed E-state index contributed by atoms with van der Waals surface area (Å²) in [6.45, 7) is 3.71. The van der Waals surface area contributed by atoms with E-state index in [2.05, 4.69) is 11.9 Å². The average molecular weight is 259 g/mol. The van der Waals surface area contributed by atoms with Crippen molar-refractivity contribution in [3.8, 4) is 0 Å². The minimum atomic E-state index is -3.37. The van der Waals surface area contributed by atoms with Gasteiger partial charge in [-0.2, -0.15) is 0 Å². The summed E-state index contributed by atoms with van der Waals surface area (Å²) in [5, 5.41) is 4.24. The number of hydrogen-bond donors (Lipinski definition) is 1. The van der Waals surface area contributed by atoms with Gasteiger partial charge in [0, 0.05) is 11.4 Å². The number of hydrogen-bond acceptors (Lipinski definition) is 4. The second-order valence-electron chi connectivity index (χ2n) is 3.20. The van der Waals surface area contributed by atoms with Crippen molar-refractivity contribution in [1.29, 1.82) is 0 Å². The molecule has 0 fully saturated rings. The molecular formula is C10H13NO3S2. The zero-order chi connectivity index (χ0) is 12.0. The first-order valence-electron chi connectivity index (χ1n) is 4.64. The molecule has 0 atom stereocenters. The fourth-order valence-corrected chi connectivity index (χ4v) is 3.53. The van der Waals surface area contributed by atoms with Gasteiger partial charge in [-0.15, -0.1) is 17.9 Å². The Kier molecular flexibility index (Phi) is 4.70. The molecule has 0 aliphatic heterocycles. The quantitative estimate of drug-likeness (QED) is 0.774. The molecule has 0 aliphatic rings. The molecule has 1 rings (SSSR count). The first-order valence-corrected chi connectivity index (χ1v) is 7.34. The standard InChI is InChI=1S/C10H13NO3S2/c1-2-5-11-10(12)8-16(13,14)7-9-4-3-6-15-9/h2-4,6H,1,5,7-8H2,(H,11,12). The fraction of sp³-hybridized carbons (Fsp3) is 0.300. The third-order valence-electron chi connectivity index (χ3n) is 1.74.